The molecule has 138 valence electrons. The average Bonchev–Trinajstić information content (AvgIpc) is 2.58. The molecule has 0 saturated carbocycles. The summed E-state index contributed by atoms with van der Waals surface area (Å²) < 4.78 is 21.0. The molecule has 0 fully saturated rings. The number of fused-ring (bicyclic) bond motifs is 1. The van der Waals surface area contributed by atoms with Crippen LogP contribution < -0.4 is 19.6 Å². The van der Waals surface area contributed by atoms with E-state index in [9.17, 15) is 14.4 Å². The summed E-state index contributed by atoms with van der Waals surface area (Å²) in [4.78, 5) is 35.2. The Labute approximate surface area is 158 Å². The number of hydrogen-bond acceptors (Lipinski definition) is 7. The molecule has 1 aromatic heterocycles. The van der Waals surface area contributed by atoms with E-state index in [0.29, 0.717) is 10.8 Å². The summed E-state index contributed by atoms with van der Waals surface area (Å²) in [7, 11) is 0. The zero-order chi connectivity index (χ0) is 19.6. The predicted molar refractivity (Wildman–Crippen MR) is 96.6 cm³/mol. The van der Waals surface area contributed by atoms with Crippen LogP contribution in [0.15, 0.2) is 51.9 Å². The average molecular weight is 389 g/mol. The molecule has 0 spiro atoms. The van der Waals surface area contributed by atoms with Gasteiger partial charge in [-0.2, -0.15) is 0 Å². The molecule has 0 aliphatic rings. The van der Waals surface area contributed by atoms with Crippen molar-refractivity contribution in [2.45, 2.75) is 13.8 Å². The lowest BCUT2D eigenvalue weighted by Crippen LogP contribution is -2.13. The van der Waals surface area contributed by atoms with Gasteiger partial charge in [0.25, 0.3) is 0 Å². The lowest BCUT2D eigenvalue weighted by Gasteiger charge is -2.11. The first kappa shape index (κ1) is 18.5. The van der Waals surface area contributed by atoms with Gasteiger partial charge in [0.2, 0.25) is 11.2 Å². The van der Waals surface area contributed by atoms with E-state index in [0.717, 1.165) is 13.2 Å². The zero-order valence-corrected chi connectivity index (χ0v) is 15.0. The second-order valence-corrected chi connectivity index (χ2v) is 5.90. The summed E-state index contributed by atoms with van der Waals surface area (Å²) >= 11 is 5.84. The van der Waals surface area contributed by atoms with Crippen molar-refractivity contribution in [2.24, 2.45) is 0 Å². The number of benzene rings is 2. The number of rotatable bonds is 4. The maximum Gasteiger partial charge on any atom is 0.308 e. The number of esters is 2. The van der Waals surface area contributed by atoms with E-state index in [1.807, 2.05) is 0 Å². The van der Waals surface area contributed by atoms with Gasteiger partial charge in [0, 0.05) is 31.0 Å². The third-order valence-corrected chi connectivity index (χ3v) is 3.59. The van der Waals surface area contributed by atoms with Crippen LogP contribution in [0.4, 0.5) is 0 Å². The molecule has 7 nitrogen and oxygen atoms in total. The van der Waals surface area contributed by atoms with Gasteiger partial charge < -0.3 is 18.6 Å². The molecule has 2 aromatic carbocycles. The van der Waals surface area contributed by atoms with Crippen molar-refractivity contribution < 1.29 is 28.2 Å². The van der Waals surface area contributed by atoms with E-state index < -0.39 is 17.4 Å². The minimum absolute atomic E-state index is 0.0487. The molecule has 0 N–H and O–H groups in total. The Morgan fingerprint density at radius 2 is 1.56 bits per heavy atom. The van der Waals surface area contributed by atoms with E-state index in [4.69, 9.17) is 30.2 Å². The summed E-state index contributed by atoms with van der Waals surface area (Å²) in [6.45, 7) is 2.34. The van der Waals surface area contributed by atoms with Gasteiger partial charge in [-0.1, -0.05) is 11.6 Å². The van der Waals surface area contributed by atoms with E-state index >= 15 is 0 Å². The molecular formula is C19H13ClO7. The molecule has 0 saturated heterocycles. The van der Waals surface area contributed by atoms with Crippen LogP contribution in [0.1, 0.15) is 13.8 Å². The molecule has 0 bridgehead atoms. The molecular weight excluding hydrogens is 376 g/mol. The molecule has 1 heterocycles. The Hall–Kier alpha value is -3.32. The van der Waals surface area contributed by atoms with Gasteiger partial charge in [-0.25, -0.2) is 0 Å². The molecule has 0 amide bonds. The summed E-state index contributed by atoms with van der Waals surface area (Å²) in [5.41, 5.74) is -0.556. The lowest BCUT2D eigenvalue weighted by molar-refractivity contribution is -0.133. The molecule has 3 aromatic rings. The summed E-state index contributed by atoms with van der Waals surface area (Å²) in [5.74, 6) is -0.965. The fraction of sp³-hybridized carbons (Fsp3) is 0.105. The van der Waals surface area contributed by atoms with Gasteiger partial charge in [-0.3, -0.25) is 14.4 Å². The third kappa shape index (κ3) is 4.27. The van der Waals surface area contributed by atoms with Crippen molar-refractivity contribution in [3.05, 3.63) is 57.9 Å². The summed E-state index contributed by atoms with van der Waals surface area (Å²) in [5, 5.41) is 0.498. The van der Waals surface area contributed by atoms with Gasteiger partial charge in [-0.15, -0.1) is 0 Å². The second kappa shape index (κ2) is 7.51. The van der Waals surface area contributed by atoms with Crippen LogP contribution in [0.5, 0.6) is 23.0 Å². The van der Waals surface area contributed by atoms with E-state index in [1.165, 1.54) is 19.1 Å². The molecule has 27 heavy (non-hydrogen) atoms. The standard InChI is InChI=1S/C19H13ClO7/c1-10(21)25-16-8-14(27-13-5-3-12(20)4-6-13)7-15-18(16)19(23)17(9-24-15)26-11(2)22/h3-9H,1-2H3. The Kier molecular flexibility index (Phi) is 5.14. The van der Waals surface area contributed by atoms with Crippen LogP contribution >= 0.6 is 11.6 Å². The van der Waals surface area contributed by atoms with Gasteiger partial charge in [-0.05, 0) is 24.3 Å². The van der Waals surface area contributed by atoms with Gasteiger partial charge in [0.1, 0.15) is 34.5 Å². The second-order valence-electron chi connectivity index (χ2n) is 5.47. The largest absolute Gasteiger partial charge is 0.460 e. The summed E-state index contributed by atoms with van der Waals surface area (Å²) in [6, 6.07) is 9.42. The Balaban J connectivity index is 2.12. The lowest BCUT2D eigenvalue weighted by atomic mass is 10.2. The van der Waals surface area contributed by atoms with Gasteiger partial charge in [0.15, 0.2) is 0 Å². The zero-order valence-electron chi connectivity index (χ0n) is 14.3. The maximum absolute atomic E-state index is 12.6. The molecule has 0 aliphatic carbocycles. The monoisotopic (exact) mass is 388 g/mol. The van der Waals surface area contributed by atoms with Crippen LogP contribution in [0, 0.1) is 0 Å². The third-order valence-electron chi connectivity index (χ3n) is 3.34. The highest BCUT2D eigenvalue weighted by atomic mass is 35.5. The first-order valence-electron chi connectivity index (χ1n) is 7.73. The van der Waals surface area contributed by atoms with Gasteiger partial charge in [0.05, 0.1) is 0 Å². The van der Waals surface area contributed by atoms with Gasteiger partial charge >= 0.3 is 11.9 Å². The molecule has 0 unspecified atom stereocenters. The fourth-order valence-corrected chi connectivity index (χ4v) is 2.46. The molecule has 0 atom stereocenters. The molecule has 8 heteroatoms. The van der Waals surface area contributed by atoms with Crippen molar-refractivity contribution in [1.82, 2.24) is 0 Å². The first-order chi connectivity index (χ1) is 12.8. The van der Waals surface area contributed by atoms with Crippen molar-refractivity contribution in [1.29, 1.82) is 0 Å². The SMILES string of the molecule is CC(=O)Oc1coc2cc(Oc3ccc(Cl)cc3)cc(OC(C)=O)c2c1=O. The first-order valence-corrected chi connectivity index (χ1v) is 8.11. The number of halogens is 1. The summed E-state index contributed by atoms with van der Waals surface area (Å²) in [6.07, 6.45) is 1.01. The number of carbonyl (C=O) groups is 2. The minimum Gasteiger partial charge on any atom is -0.460 e. The Bertz CT molecular complexity index is 1080. The number of hydrogen-bond donors (Lipinski definition) is 0. The van der Waals surface area contributed by atoms with Crippen molar-refractivity contribution in [3.63, 3.8) is 0 Å². The van der Waals surface area contributed by atoms with Crippen LogP contribution in [0.2, 0.25) is 5.02 Å². The van der Waals surface area contributed by atoms with Crippen LogP contribution in [-0.4, -0.2) is 11.9 Å². The van der Waals surface area contributed by atoms with Crippen molar-refractivity contribution >= 4 is 34.5 Å². The highest BCUT2D eigenvalue weighted by Gasteiger charge is 2.18. The van der Waals surface area contributed by atoms with E-state index in [-0.39, 0.29) is 28.2 Å². The minimum atomic E-state index is -0.682. The topological polar surface area (TPSA) is 92.0 Å². The smallest absolute Gasteiger partial charge is 0.308 e. The van der Waals surface area contributed by atoms with E-state index in [2.05, 4.69) is 0 Å². The number of carbonyl (C=O) groups excluding carboxylic acids is 2. The molecule has 0 radical (unpaired) electrons. The van der Waals surface area contributed by atoms with Crippen LogP contribution in [0.25, 0.3) is 11.0 Å². The highest BCUT2D eigenvalue weighted by Crippen LogP contribution is 2.33. The maximum atomic E-state index is 12.6. The highest BCUT2D eigenvalue weighted by molar-refractivity contribution is 6.30. The van der Waals surface area contributed by atoms with E-state index in [1.54, 1.807) is 24.3 Å². The predicted octanol–water partition coefficient (Wildman–Crippen LogP) is 4.09. The van der Waals surface area contributed by atoms with Crippen LogP contribution in [0.3, 0.4) is 0 Å². The van der Waals surface area contributed by atoms with Crippen molar-refractivity contribution in [2.75, 3.05) is 0 Å². The molecule has 0 aliphatic heterocycles. The van der Waals surface area contributed by atoms with Crippen LogP contribution in [-0.2, 0) is 9.59 Å². The van der Waals surface area contributed by atoms with Crippen molar-refractivity contribution in [3.8, 4) is 23.0 Å². The molecule has 3 rings (SSSR count). The fourth-order valence-electron chi connectivity index (χ4n) is 2.33. The normalized spacial score (nSPS) is 10.5. The quantitative estimate of drug-likeness (QED) is 0.491. The Morgan fingerprint density at radius 3 is 2.19 bits per heavy atom. The Morgan fingerprint density at radius 1 is 0.926 bits per heavy atom. The number of ether oxygens (including phenoxy) is 3.